The van der Waals surface area contributed by atoms with Gasteiger partial charge in [0.1, 0.15) is 0 Å². The van der Waals surface area contributed by atoms with Crippen molar-refractivity contribution < 1.29 is 13.2 Å². The molecule has 0 atom stereocenters. The van der Waals surface area contributed by atoms with Crippen molar-refractivity contribution in [2.45, 2.75) is 24.8 Å². The van der Waals surface area contributed by atoms with Crippen molar-refractivity contribution in [3.63, 3.8) is 0 Å². The summed E-state index contributed by atoms with van der Waals surface area (Å²) in [6, 6.07) is 5.81. The second-order valence-electron chi connectivity index (χ2n) is 4.64. The molecule has 1 rings (SSSR count). The minimum Gasteiger partial charge on any atom is -0.369 e. The van der Waals surface area contributed by atoms with Crippen molar-refractivity contribution in [1.82, 2.24) is 4.31 Å². The van der Waals surface area contributed by atoms with Gasteiger partial charge >= 0.3 is 0 Å². The molecular weight excluding hydrogens is 290 g/mol. The Kier molecular flexibility index (Phi) is 5.90. The number of carbonyl (C=O) groups is 1. The van der Waals surface area contributed by atoms with Gasteiger partial charge in [0.25, 0.3) is 0 Å². The molecule has 0 radical (unpaired) electrons. The van der Waals surface area contributed by atoms with Crippen LogP contribution in [-0.4, -0.2) is 37.8 Å². The Morgan fingerprint density at radius 1 is 1.38 bits per heavy atom. The summed E-state index contributed by atoms with van der Waals surface area (Å²) in [5, 5.41) is 0. The van der Waals surface area contributed by atoms with Crippen LogP contribution in [0.4, 0.5) is 0 Å². The molecule has 0 aliphatic rings. The molecule has 0 fully saturated rings. The number of hydrogen-bond donors (Lipinski definition) is 2. The molecule has 0 aromatic heterocycles. The van der Waals surface area contributed by atoms with E-state index in [1.54, 1.807) is 26.0 Å². The zero-order valence-electron chi connectivity index (χ0n) is 12.0. The number of primary amides is 1. The number of sulfonamides is 1. The fourth-order valence-electron chi connectivity index (χ4n) is 1.72. The van der Waals surface area contributed by atoms with E-state index in [0.29, 0.717) is 5.56 Å². The molecule has 6 nitrogen and oxygen atoms in total. The molecule has 0 aliphatic heterocycles. The van der Waals surface area contributed by atoms with Crippen molar-refractivity contribution in [2.24, 2.45) is 11.5 Å². The molecule has 7 heteroatoms. The maximum absolute atomic E-state index is 12.6. The van der Waals surface area contributed by atoms with Crippen LogP contribution in [0.2, 0.25) is 0 Å². The molecule has 1 aromatic rings. The Morgan fingerprint density at radius 3 is 2.57 bits per heavy atom. The fraction of sp³-hybridized carbons (Fsp3) is 0.357. The summed E-state index contributed by atoms with van der Waals surface area (Å²) in [4.78, 5) is 11.2. The van der Waals surface area contributed by atoms with Gasteiger partial charge in [-0.15, -0.1) is 0 Å². The van der Waals surface area contributed by atoms with Gasteiger partial charge in [-0.25, -0.2) is 8.42 Å². The second-order valence-corrected chi connectivity index (χ2v) is 6.53. The summed E-state index contributed by atoms with van der Waals surface area (Å²) < 4.78 is 26.2. The van der Waals surface area contributed by atoms with Crippen LogP contribution in [-0.2, 0) is 14.8 Å². The Labute approximate surface area is 125 Å². The lowest BCUT2D eigenvalue weighted by Crippen LogP contribution is -2.42. The first kappa shape index (κ1) is 17.2. The van der Waals surface area contributed by atoms with E-state index in [9.17, 15) is 13.2 Å². The number of nitrogens with zero attached hydrogens (tertiary/aromatic N) is 1. The van der Waals surface area contributed by atoms with Gasteiger partial charge in [-0.3, -0.25) is 4.79 Å². The number of benzene rings is 1. The number of nitrogens with two attached hydrogens (primary N) is 2. The van der Waals surface area contributed by atoms with Gasteiger partial charge in [0.2, 0.25) is 15.9 Å². The quantitative estimate of drug-likeness (QED) is 0.739. The average Bonchev–Trinajstić information content (AvgIpc) is 2.42. The highest BCUT2D eigenvalue weighted by Gasteiger charge is 2.28. The summed E-state index contributed by atoms with van der Waals surface area (Å²) in [6.45, 7) is 3.19. The number of amides is 1. The fourth-order valence-corrected chi connectivity index (χ4v) is 3.37. The van der Waals surface area contributed by atoms with E-state index >= 15 is 0 Å². The predicted octanol–water partition coefficient (Wildman–Crippen LogP) is -0.119. The van der Waals surface area contributed by atoms with E-state index in [-0.39, 0.29) is 24.0 Å². The first-order valence-electron chi connectivity index (χ1n) is 6.38. The summed E-state index contributed by atoms with van der Waals surface area (Å²) in [7, 11) is -3.81. The number of rotatable bonds is 5. The normalized spacial score (nSPS) is 11.3. The third-order valence-corrected chi connectivity index (χ3v) is 4.68. The topological polar surface area (TPSA) is 106 Å². The highest BCUT2D eigenvalue weighted by Crippen LogP contribution is 2.19. The molecule has 0 saturated heterocycles. The van der Waals surface area contributed by atoms with Crippen molar-refractivity contribution in [3.05, 3.63) is 29.8 Å². The standard InChI is InChI=1S/C14H19N3O3S/c1-11(2)17(10-14(16)18)21(19,20)13-7-3-5-12(9-13)6-4-8-15/h3,5,7,9,11H,8,10,15H2,1-2H3,(H2,16,18). The number of hydrogen-bond acceptors (Lipinski definition) is 4. The monoisotopic (exact) mass is 309 g/mol. The smallest absolute Gasteiger partial charge is 0.243 e. The third-order valence-electron chi connectivity index (χ3n) is 2.66. The highest BCUT2D eigenvalue weighted by molar-refractivity contribution is 7.89. The van der Waals surface area contributed by atoms with Gasteiger partial charge < -0.3 is 11.5 Å². The van der Waals surface area contributed by atoms with Crippen LogP contribution in [0.3, 0.4) is 0 Å². The van der Waals surface area contributed by atoms with Crippen LogP contribution >= 0.6 is 0 Å². The van der Waals surface area contributed by atoms with E-state index in [4.69, 9.17) is 11.5 Å². The van der Waals surface area contributed by atoms with Gasteiger partial charge in [0.15, 0.2) is 0 Å². The first-order chi connectivity index (χ1) is 9.78. The van der Waals surface area contributed by atoms with Crippen LogP contribution in [0.1, 0.15) is 19.4 Å². The minimum absolute atomic E-state index is 0.0706. The van der Waals surface area contributed by atoms with Gasteiger partial charge in [0, 0.05) is 11.6 Å². The van der Waals surface area contributed by atoms with Crippen molar-refractivity contribution in [1.29, 1.82) is 0 Å². The third kappa shape index (κ3) is 4.56. The minimum atomic E-state index is -3.81. The predicted molar refractivity (Wildman–Crippen MR) is 80.6 cm³/mol. The Balaban J connectivity index is 3.25. The molecule has 0 bridgehead atoms. The van der Waals surface area contributed by atoms with E-state index in [2.05, 4.69) is 11.8 Å². The molecule has 0 spiro atoms. The van der Waals surface area contributed by atoms with Crippen LogP contribution < -0.4 is 11.5 Å². The molecule has 0 saturated carbocycles. The summed E-state index contributed by atoms with van der Waals surface area (Å²) >= 11 is 0. The van der Waals surface area contributed by atoms with Crippen LogP contribution in [0, 0.1) is 11.8 Å². The van der Waals surface area contributed by atoms with Gasteiger partial charge in [0.05, 0.1) is 18.0 Å². The van der Waals surface area contributed by atoms with E-state index in [0.717, 1.165) is 4.31 Å². The molecule has 0 aliphatic carbocycles. The maximum Gasteiger partial charge on any atom is 0.243 e. The van der Waals surface area contributed by atoms with Crippen LogP contribution in [0.15, 0.2) is 29.2 Å². The molecule has 1 amide bonds. The molecule has 4 N–H and O–H groups in total. The van der Waals surface area contributed by atoms with Gasteiger partial charge in [-0.1, -0.05) is 17.9 Å². The van der Waals surface area contributed by atoms with Crippen molar-refractivity contribution in [3.8, 4) is 11.8 Å². The van der Waals surface area contributed by atoms with Crippen molar-refractivity contribution >= 4 is 15.9 Å². The average molecular weight is 309 g/mol. The first-order valence-corrected chi connectivity index (χ1v) is 7.82. The SMILES string of the molecule is CC(C)N(CC(N)=O)S(=O)(=O)c1cccc(C#CCN)c1. The summed E-state index contributed by atoms with van der Waals surface area (Å²) in [6.07, 6.45) is 0. The molecule has 0 heterocycles. The lowest BCUT2D eigenvalue weighted by Gasteiger charge is -2.24. The Morgan fingerprint density at radius 2 is 2.05 bits per heavy atom. The van der Waals surface area contributed by atoms with E-state index < -0.39 is 15.9 Å². The zero-order valence-corrected chi connectivity index (χ0v) is 12.9. The van der Waals surface area contributed by atoms with Crippen molar-refractivity contribution in [2.75, 3.05) is 13.1 Å². The summed E-state index contributed by atoms with van der Waals surface area (Å²) in [5.41, 5.74) is 11.0. The van der Waals surface area contributed by atoms with Gasteiger partial charge in [-0.05, 0) is 32.0 Å². The zero-order chi connectivity index (χ0) is 16.0. The molecule has 0 unspecified atom stereocenters. The van der Waals surface area contributed by atoms with E-state index in [1.165, 1.54) is 12.1 Å². The highest BCUT2D eigenvalue weighted by atomic mass is 32.2. The molecular formula is C14H19N3O3S. The molecule has 21 heavy (non-hydrogen) atoms. The Bertz CT molecular complexity index is 672. The van der Waals surface area contributed by atoms with Gasteiger partial charge in [-0.2, -0.15) is 4.31 Å². The maximum atomic E-state index is 12.6. The molecule has 1 aromatic carbocycles. The van der Waals surface area contributed by atoms with Crippen LogP contribution in [0.5, 0.6) is 0 Å². The Hall–Kier alpha value is -1.88. The largest absolute Gasteiger partial charge is 0.369 e. The number of carbonyl (C=O) groups excluding carboxylic acids is 1. The lowest BCUT2D eigenvalue weighted by molar-refractivity contribution is -0.118. The molecule has 114 valence electrons. The van der Waals surface area contributed by atoms with Crippen LogP contribution in [0.25, 0.3) is 0 Å². The second kappa shape index (κ2) is 7.22. The summed E-state index contributed by atoms with van der Waals surface area (Å²) in [5.74, 6) is 4.74. The lowest BCUT2D eigenvalue weighted by atomic mass is 10.2. The van der Waals surface area contributed by atoms with E-state index in [1.807, 2.05) is 0 Å².